The van der Waals surface area contributed by atoms with Crippen molar-refractivity contribution in [2.24, 2.45) is 5.92 Å². The topological polar surface area (TPSA) is 44.1 Å². The molecular formula is C14H13F3N2O. The summed E-state index contributed by atoms with van der Waals surface area (Å²) in [7, 11) is 0. The summed E-state index contributed by atoms with van der Waals surface area (Å²) >= 11 is 0. The van der Waals surface area contributed by atoms with Crippen LogP contribution in [0.2, 0.25) is 0 Å². The molecule has 3 nitrogen and oxygen atoms in total. The maximum Gasteiger partial charge on any atom is 0.406 e. The lowest BCUT2D eigenvalue weighted by Gasteiger charge is -2.23. The molecule has 6 heteroatoms. The lowest BCUT2D eigenvalue weighted by molar-refractivity contribution is -0.156. The van der Waals surface area contributed by atoms with Gasteiger partial charge in [0, 0.05) is 5.69 Å². The molecule has 106 valence electrons. The fourth-order valence-electron chi connectivity index (χ4n) is 2.38. The first kappa shape index (κ1) is 14.4. The summed E-state index contributed by atoms with van der Waals surface area (Å²) in [5.41, 5.74) is 0.262. The van der Waals surface area contributed by atoms with E-state index >= 15 is 0 Å². The molecule has 1 heterocycles. The number of amides is 1. The molecule has 0 saturated heterocycles. The number of rotatable bonds is 2. The van der Waals surface area contributed by atoms with E-state index in [1.807, 2.05) is 0 Å². The van der Waals surface area contributed by atoms with E-state index in [9.17, 15) is 18.0 Å². The molecule has 0 saturated carbocycles. The molecule has 0 bridgehead atoms. The third kappa shape index (κ3) is 2.13. The average molecular weight is 282 g/mol. The number of benzene rings is 1. The number of halogens is 3. The lowest BCUT2D eigenvalue weighted by atomic mass is 9.86. The molecule has 1 aliphatic heterocycles. The molecule has 2 rings (SSSR count). The number of nitriles is 1. The minimum absolute atomic E-state index is 0.414. The van der Waals surface area contributed by atoms with Crippen LogP contribution in [0.4, 0.5) is 18.9 Å². The van der Waals surface area contributed by atoms with Gasteiger partial charge in [-0.2, -0.15) is 18.4 Å². The Morgan fingerprint density at radius 3 is 2.50 bits per heavy atom. The van der Waals surface area contributed by atoms with Crippen molar-refractivity contribution in [2.75, 3.05) is 11.4 Å². The molecule has 1 aromatic rings. The van der Waals surface area contributed by atoms with Crippen LogP contribution < -0.4 is 4.90 Å². The molecule has 1 atom stereocenters. The Balaban J connectivity index is 2.40. The second-order valence-electron chi connectivity index (χ2n) is 5.28. The SMILES string of the molecule is CC1(C)C(=O)N(CC(C#N)C(F)(F)F)c2ccccc21. The Morgan fingerprint density at radius 1 is 1.35 bits per heavy atom. The minimum atomic E-state index is -4.64. The zero-order chi connectivity index (χ0) is 15.1. The summed E-state index contributed by atoms with van der Waals surface area (Å²) in [6.45, 7) is 2.67. The first-order chi connectivity index (χ1) is 9.19. The molecule has 1 aliphatic rings. The number of hydrogen-bond donors (Lipinski definition) is 0. The number of nitrogens with zero attached hydrogens (tertiary/aromatic N) is 2. The molecule has 1 unspecified atom stereocenters. The summed E-state index contributed by atoms with van der Waals surface area (Å²) in [4.78, 5) is 13.4. The summed E-state index contributed by atoms with van der Waals surface area (Å²) < 4.78 is 38.1. The molecule has 0 aliphatic carbocycles. The van der Waals surface area contributed by atoms with Crippen LogP contribution in [0.25, 0.3) is 0 Å². The second-order valence-corrected chi connectivity index (χ2v) is 5.28. The Labute approximate surface area is 114 Å². The van der Waals surface area contributed by atoms with Crippen LogP contribution in [0.15, 0.2) is 24.3 Å². The predicted molar refractivity (Wildman–Crippen MR) is 67.0 cm³/mol. The highest BCUT2D eigenvalue weighted by Gasteiger charge is 2.48. The van der Waals surface area contributed by atoms with Crippen LogP contribution in [0, 0.1) is 17.2 Å². The van der Waals surface area contributed by atoms with E-state index in [0.717, 1.165) is 4.90 Å². The molecular weight excluding hydrogens is 269 g/mol. The quantitative estimate of drug-likeness (QED) is 0.837. The maximum absolute atomic E-state index is 12.7. The number of hydrogen-bond acceptors (Lipinski definition) is 2. The average Bonchev–Trinajstić information content (AvgIpc) is 2.55. The fraction of sp³-hybridized carbons (Fsp3) is 0.429. The van der Waals surface area contributed by atoms with Gasteiger partial charge in [0.15, 0.2) is 5.92 Å². The summed E-state index contributed by atoms with van der Waals surface area (Å²) in [6, 6.07) is 7.96. The molecule has 20 heavy (non-hydrogen) atoms. The van der Waals surface area contributed by atoms with Gasteiger partial charge in [-0.1, -0.05) is 18.2 Å². The molecule has 0 spiro atoms. The van der Waals surface area contributed by atoms with Crippen molar-refractivity contribution < 1.29 is 18.0 Å². The van der Waals surface area contributed by atoms with E-state index in [1.54, 1.807) is 38.1 Å². The Morgan fingerprint density at radius 2 is 1.95 bits per heavy atom. The van der Waals surface area contributed by atoms with Gasteiger partial charge >= 0.3 is 6.18 Å². The molecule has 1 amide bonds. The third-order valence-corrected chi connectivity index (χ3v) is 3.56. The minimum Gasteiger partial charge on any atom is -0.310 e. The second kappa shape index (κ2) is 4.51. The highest BCUT2D eigenvalue weighted by Crippen LogP contribution is 2.42. The van der Waals surface area contributed by atoms with Gasteiger partial charge in [0.1, 0.15) is 0 Å². The highest BCUT2D eigenvalue weighted by atomic mass is 19.4. The highest BCUT2D eigenvalue weighted by molar-refractivity contribution is 6.07. The number of carbonyl (C=O) groups is 1. The van der Waals surface area contributed by atoms with E-state index < -0.39 is 30.0 Å². The summed E-state index contributed by atoms with van der Waals surface area (Å²) in [5, 5.41) is 8.68. The standard InChI is InChI=1S/C14H13F3N2O/c1-13(2)10-5-3-4-6-11(10)19(12(13)20)8-9(7-18)14(15,16)17/h3-6,9H,8H2,1-2H3. The van der Waals surface area contributed by atoms with Gasteiger partial charge in [0.05, 0.1) is 18.0 Å². The van der Waals surface area contributed by atoms with Crippen LogP contribution in [0.3, 0.4) is 0 Å². The van der Waals surface area contributed by atoms with Crippen molar-refractivity contribution in [3.63, 3.8) is 0 Å². The first-order valence-electron chi connectivity index (χ1n) is 6.07. The number of carbonyl (C=O) groups excluding carboxylic acids is 1. The van der Waals surface area contributed by atoms with Crippen molar-refractivity contribution in [1.82, 2.24) is 0 Å². The van der Waals surface area contributed by atoms with E-state index in [-0.39, 0.29) is 0 Å². The smallest absolute Gasteiger partial charge is 0.310 e. The van der Waals surface area contributed by atoms with Gasteiger partial charge < -0.3 is 4.90 Å². The van der Waals surface area contributed by atoms with Crippen LogP contribution in [-0.2, 0) is 10.2 Å². The normalized spacial score (nSPS) is 18.6. The van der Waals surface area contributed by atoms with Crippen LogP contribution >= 0.6 is 0 Å². The van der Waals surface area contributed by atoms with Gasteiger partial charge in [-0.05, 0) is 25.5 Å². The molecule has 1 aromatic carbocycles. The molecule has 0 aromatic heterocycles. The van der Waals surface area contributed by atoms with E-state index in [4.69, 9.17) is 5.26 Å². The monoisotopic (exact) mass is 282 g/mol. The first-order valence-corrected chi connectivity index (χ1v) is 6.07. The van der Waals surface area contributed by atoms with Crippen molar-refractivity contribution in [1.29, 1.82) is 5.26 Å². The largest absolute Gasteiger partial charge is 0.406 e. The number of fused-ring (bicyclic) bond motifs is 1. The van der Waals surface area contributed by atoms with E-state index in [2.05, 4.69) is 0 Å². The van der Waals surface area contributed by atoms with Crippen molar-refractivity contribution in [3.8, 4) is 6.07 Å². The van der Waals surface area contributed by atoms with Crippen LogP contribution in [-0.4, -0.2) is 18.6 Å². The van der Waals surface area contributed by atoms with Gasteiger partial charge in [0.25, 0.3) is 0 Å². The van der Waals surface area contributed by atoms with Gasteiger partial charge in [-0.25, -0.2) is 0 Å². The van der Waals surface area contributed by atoms with Crippen molar-refractivity contribution in [3.05, 3.63) is 29.8 Å². The number of alkyl halides is 3. The molecule has 0 N–H and O–H groups in total. The molecule has 0 radical (unpaired) electrons. The van der Waals surface area contributed by atoms with Crippen LogP contribution in [0.5, 0.6) is 0 Å². The van der Waals surface area contributed by atoms with Gasteiger partial charge in [-0.3, -0.25) is 4.79 Å². The lowest BCUT2D eigenvalue weighted by Crippen LogP contribution is -2.42. The third-order valence-electron chi connectivity index (χ3n) is 3.56. The van der Waals surface area contributed by atoms with E-state index in [1.165, 1.54) is 6.07 Å². The zero-order valence-corrected chi connectivity index (χ0v) is 11.0. The summed E-state index contributed by atoms with van der Waals surface area (Å²) in [6.07, 6.45) is -4.64. The number of anilines is 1. The molecule has 0 fully saturated rings. The van der Waals surface area contributed by atoms with Gasteiger partial charge in [0.2, 0.25) is 5.91 Å². The van der Waals surface area contributed by atoms with Crippen molar-refractivity contribution >= 4 is 11.6 Å². The maximum atomic E-state index is 12.7. The van der Waals surface area contributed by atoms with Crippen LogP contribution in [0.1, 0.15) is 19.4 Å². The Hall–Kier alpha value is -2.03. The van der Waals surface area contributed by atoms with Gasteiger partial charge in [-0.15, -0.1) is 0 Å². The van der Waals surface area contributed by atoms with E-state index in [0.29, 0.717) is 11.3 Å². The Kier molecular flexibility index (Phi) is 3.24. The zero-order valence-electron chi connectivity index (χ0n) is 11.0. The summed E-state index contributed by atoms with van der Waals surface area (Å²) in [5.74, 6) is -2.60. The number of para-hydroxylation sites is 1. The Bertz CT molecular complexity index is 587. The fourth-order valence-corrected chi connectivity index (χ4v) is 2.38. The predicted octanol–water partition coefficient (Wildman–Crippen LogP) is 3.01. The van der Waals surface area contributed by atoms with Crippen molar-refractivity contribution in [2.45, 2.75) is 25.4 Å².